The third-order valence-corrected chi connectivity index (χ3v) is 4.53. The molecule has 3 rings (SSSR count). The van der Waals surface area contributed by atoms with E-state index in [-0.39, 0.29) is 17.5 Å². The average Bonchev–Trinajstić information content (AvgIpc) is 2.82. The van der Waals surface area contributed by atoms with Gasteiger partial charge in [-0.1, -0.05) is 31.2 Å². The molecule has 1 unspecified atom stereocenters. The van der Waals surface area contributed by atoms with Crippen LogP contribution in [0.2, 0.25) is 0 Å². The van der Waals surface area contributed by atoms with E-state index >= 15 is 0 Å². The summed E-state index contributed by atoms with van der Waals surface area (Å²) in [5, 5.41) is 0. The molecule has 3 nitrogen and oxygen atoms in total. The fraction of sp³-hybridized carbons (Fsp3) is 0.263. The lowest BCUT2D eigenvalue weighted by atomic mass is 9.68. The Morgan fingerprint density at radius 1 is 1.09 bits per heavy atom. The van der Waals surface area contributed by atoms with E-state index in [1.54, 1.807) is 25.3 Å². The van der Waals surface area contributed by atoms with Gasteiger partial charge in [0, 0.05) is 11.3 Å². The van der Waals surface area contributed by atoms with Crippen molar-refractivity contribution in [2.24, 2.45) is 11.3 Å². The van der Waals surface area contributed by atoms with E-state index in [1.165, 1.54) is 0 Å². The van der Waals surface area contributed by atoms with Crippen molar-refractivity contribution in [3.8, 4) is 5.75 Å². The molecule has 1 aromatic carbocycles. The number of methoxy groups -OCH3 is 1. The van der Waals surface area contributed by atoms with Crippen molar-refractivity contribution in [3.63, 3.8) is 0 Å². The van der Waals surface area contributed by atoms with Crippen LogP contribution in [0.4, 0.5) is 0 Å². The van der Waals surface area contributed by atoms with Crippen LogP contribution < -0.4 is 4.74 Å². The molecule has 3 heteroatoms. The number of carbonyl (C=O) groups is 2. The largest absolute Gasteiger partial charge is 0.497 e. The summed E-state index contributed by atoms with van der Waals surface area (Å²) < 4.78 is 5.19. The van der Waals surface area contributed by atoms with Crippen LogP contribution in [-0.4, -0.2) is 18.7 Å². The zero-order chi connectivity index (χ0) is 15.7. The third kappa shape index (κ3) is 2.13. The first-order valence-corrected chi connectivity index (χ1v) is 7.43. The minimum atomic E-state index is -0.506. The van der Waals surface area contributed by atoms with Crippen LogP contribution in [0.3, 0.4) is 0 Å². The average molecular weight is 294 g/mol. The summed E-state index contributed by atoms with van der Waals surface area (Å²) in [6.07, 6.45) is 9.35. The second-order valence-electron chi connectivity index (χ2n) is 5.65. The molecule has 0 amide bonds. The summed E-state index contributed by atoms with van der Waals surface area (Å²) in [5.41, 5.74) is 1.43. The Labute approximate surface area is 130 Å². The topological polar surface area (TPSA) is 43.4 Å². The quantitative estimate of drug-likeness (QED) is 0.858. The molecule has 1 spiro atoms. The lowest BCUT2D eigenvalue weighted by molar-refractivity contribution is -0.119. The molecule has 0 fully saturated rings. The van der Waals surface area contributed by atoms with Gasteiger partial charge in [-0.25, -0.2) is 0 Å². The number of carbonyl (C=O) groups excluding carboxylic acids is 2. The summed E-state index contributed by atoms with van der Waals surface area (Å²) in [6, 6.07) is 7.68. The molecule has 0 aromatic heterocycles. The van der Waals surface area contributed by atoms with Gasteiger partial charge < -0.3 is 4.74 Å². The highest BCUT2D eigenvalue weighted by Gasteiger charge is 2.46. The first-order valence-electron chi connectivity index (χ1n) is 7.43. The van der Waals surface area contributed by atoms with Crippen molar-refractivity contribution < 1.29 is 14.3 Å². The van der Waals surface area contributed by atoms with E-state index in [0.29, 0.717) is 0 Å². The van der Waals surface area contributed by atoms with Crippen molar-refractivity contribution in [2.45, 2.75) is 13.3 Å². The molecule has 1 aromatic rings. The Balaban J connectivity index is 2.09. The van der Waals surface area contributed by atoms with Gasteiger partial charge in [0.25, 0.3) is 0 Å². The molecule has 0 saturated heterocycles. The summed E-state index contributed by atoms with van der Waals surface area (Å²) >= 11 is 0. The van der Waals surface area contributed by atoms with Crippen LogP contribution in [0.1, 0.15) is 18.9 Å². The smallest absolute Gasteiger partial charge is 0.178 e. The van der Waals surface area contributed by atoms with E-state index in [0.717, 1.165) is 23.3 Å². The van der Waals surface area contributed by atoms with Crippen molar-refractivity contribution >= 4 is 17.1 Å². The standard InChI is InChI=1S/C19H18O3/c1-3-16-18(21)12-17(13-4-6-15(22-2)7-5-13)19(16)10-8-14(20)9-11-19/h4-12,16H,3H2,1-2H3. The minimum Gasteiger partial charge on any atom is -0.497 e. The van der Waals surface area contributed by atoms with Crippen molar-refractivity contribution in [1.29, 1.82) is 0 Å². The summed E-state index contributed by atoms with van der Waals surface area (Å²) in [7, 11) is 1.63. The number of rotatable bonds is 3. The molecule has 0 heterocycles. The normalized spacial score (nSPS) is 22.3. The monoisotopic (exact) mass is 294 g/mol. The zero-order valence-corrected chi connectivity index (χ0v) is 12.7. The number of ketones is 2. The van der Waals surface area contributed by atoms with E-state index in [2.05, 4.69) is 0 Å². The van der Waals surface area contributed by atoms with E-state index in [4.69, 9.17) is 4.74 Å². The summed E-state index contributed by atoms with van der Waals surface area (Å²) in [6.45, 7) is 2.01. The molecule has 22 heavy (non-hydrogen) atoms. The molecule has 1 atom stereocenters. The maximum absolute atomic E-state index is 12.4. The lowest BCUT2D eigenvalue weighted by Gasteiger charge is -2.33. The predicted octanol–water partition coefficient (Wildman–Crippen LogP) is 3.37. The van der Waals surface area contributed by atoms with E-state index < -0.39 is 5.41 Å². The summed E-state index contributed by atoms with van der Waals surface area (Å²) in [5.74, 6) is 0.718. The Bertz CT molecular complexity index is 689. The molecule has 0 N–H and O–H groups in total. The fourth-order valence-electron chi connectivity index (χ4n) is 3.40. The number of ether oxygens (including phenoxy) is 1. The molecular formula is C19H18O3. The first kappa shape index (κ1) is 14.5. The van der Waals surface area contributed by atoms with Gasteiger partial charge in [0.2, 0.25) is 0 Å². The Morgan fingerprint density at radius 2 is 1.73 bits per heavy atom. The molecule has 0 radical (unpaired) electrons. The molecule has 0 aliphatic heterocycles. The Hall–Kier alpha value is -2.42. The lowest BCUT2D eigenvalue weighted by Crippen LogP contribution is -2.29. The maximum Gasteiger partial charge on any atom is 0.178 e. The van der Waals surface area contributed by atoms with Gasteiger partial charge in [0.1, 0.15) is 5.75 Å². The second kappa shape index (κ2) is 5.41. The number of allylic oxidation sites excluding steroid dienone is 6. The molecule has 2 aliphatic rings. The highest BCUT2D eigenvalue weighted by Crippen LogP contribution is 2.51. The Morgan fingerprint density at radius 3 is 2.27 bits per heavy atom. The van der Waals surface area contributed by atoms with Gasteiger partial charge in [0.15, 0.2) is 11.6 Å². The van der Waals surface area contributed by atoms with Crippen LogP contribution in [-0.2, 0) is 9.59 Å². The minimum absolute atomic E-state index is 0.0334. The van der Waals surface area contributed by atoms with Crippen LogP contribution in [0, 0.1) is 11.3 Å². The number of hydrogen-bond acceptors (Lipinski definition) is 3. The SMILES string of the molecule is CCC1C(=O)C=C(c2ccc(OC)cc2)C12C=CC(=O)C=C2. The van der Waals surface area contributed by atoms with Gasteiger partial charge in [-0.3, -0.25) is 9.59 Å². The Kier molecular flexibility index (Phi) is 3.57. The predicted molar refractivity (Wildman–Crippen MR) is 85.5 cm³/mol. The highest BCUT2D eigenvalue weighted by atomic mass is 16.5. The van der Waals surface area contributed by atoms with Crippen molar-refractivity contribution in [3.05, 3.63) is 60.2 Å². The van der Waals surface area contributed by atoms with Crippen LogP contribution >= 0.6 is 0 Å². The molecule has 0 saturated carbocycles. The van der Waals surface area contributed by atoms with E-state index in [9.17, 15) is 9.59 Å². The number of hydrogen-bond donors (Lipinski definition) is 0. The third-order valence-electron chi connectivity index (χ3n) is 4.53. The molecular weight excluding hydrogens is 276 g/mol. The van der Waals surface area contributed by atoms with Gasteiger partial charge in [-0.05, 0) is 47.9 Å². The molecule has 0 bridgehead atoms. The zero-order valence-electron chi connectivity index (χ0n) is 12.7. The summed E-state index contributed by atoms with van der Waals surface area (Å²) in [4.78, 5) is 23.9. The van der Waals surface area contributed by atoms with Gasteiger partial charge in [-0.2, -0.15) is 0 Å². The van der Waals surface area contributed by atoms with Gasteiger partial charge in [0.05, 0.1) is 7.11 Å². The maximum atomic E-state index is 12.4. The van der Waals surface area contributed by atoms with Crippen molar-refractivity contribution in [1.82, 2.24) is 0 Å². The van der Waals surface area contributed by atoms with Crippen LogP contribution in [0.5, 0.6) is 5.75 Å². The van der Waals surface area contributed by atoms with Gasteiger partial charge in [-0.15, -0.1) is 0 Å². The highest BCUT2D eigenvalue weighted by molar-refractivity contribution is 6.09. The van der Waals surface area contributed by atoms with Gasteiger partial charge >= 0.3 is 0 Å². The second-order valence-corrected chi connectivity index (χ2v) is 5.65. The molecule has 112 valence electrons. The first-order chi connectivity index (χ1) is 10.6. The van der Waals surface area contributed by atoms with E-state index in [1.807, 2.05) is 43.3 Å². The fourth-order valence-corrected chi connectivity index (χ4v) is 3.40. The van der Waals surface area contributed by atoms with Crippen LogP contribution in [0.25, 0.3) is 5.57 Å². The van der Waals surface area contributed by atoms with Crippen LogP contribution in [0.15, 0.2) is 54.6 Å². The number of benzene rings is 1. The van der Waals surface area contributed by atoms with Crippen molar-refractivity contribution in [2.75, 3.05) is 7.11 Å². The molecule has 2 aliphatic carbocycles.